The van der Waals surface area contributed by atoms with E-state index in [9.17, 15) is 0 Å². The van der Waals surface area contributed by atoms with Gasteiger partial charge in [-0.05, 0) is 11.6 Å². The number of methoxy groups -OCH3 is 1. The molecule has 0 atom stereocenters. The van der Waals surface area contributed by atoms with Crippen LogP contribution >= 0.6 is 23.4 Å². The summed E-state index contributed by atoms with van der Waals surface area (Å²) in [6.45, 7) is 1.25. The highest BCUT2D eigenvalue weighted by Gasteiger charge is 2.05. The number of benzene rings is 1. The van der Waals surface area contributed by atoms with E-state index in [1.165, 1.54) is 0 Å². The van der Waals surface area contributed by atoms with Crippen LogP contribution in [0.3, 0.4) is 0 Å². The Kier molecular flexibility index (Phi) is 5.33. The van der Waals surface area contributed by atoms with Crippen molar-refractivity contribution in [3.63, 3.8) is 0 Å². The van der Waals surface area contributed by atoms with Crippen LogP contribution in [0.1, 0.15) is 5.56 Å². The Morgan fingerprint density at radius 2 is 2.29 bits per heavy atom. The Hall–Kier alpha value is -0.220. The van der Waals surface area contributed by atoms with Gasteiger partial charge in [-0.1, -0.05) is 23.7 Å². The van der Waals surface area contributed by atoms with Gasteiger partial charge in [-0.3, -0.25) is 0 Å². The van der Waals surface area contributed by atoms with Crippen LogP contribution in [0.4, 0.5) is 0 Å². The highest BCUT2D eigenvalue weighted by Crippen LogP contribution is 2.30. The van der Waals surface area contributed by atoms with Gasteiger partial charge in [-0.25, -0.2) is 0 Å². The maximum absolute atomic E-state index is 6.07. The van der Waals surface area contributed by atoms with E-state index >= 15 is 0 Å². The number of nitrogens with two attached hydrogens (primary N) is 1. The second kappa shape index (κ2) is 6.30. The first-order valence-corrected chi connectivity index (χ1v) is 5.75. The van der Waals surface area contributed by atoms with Gasteiger partial charge >= 0.3 is 0 Å². The Labute approximate surface area is 93.8 Å². The summed E-state index contributed by atoms with van der Waals surface area (Å²) in [6, 6.07) is 5.81. The topological polar surface area (TPSA) is 35.2 Å². The van der Waals surface area contributed by atoms with E-state index in [0.717, 1.165) is 27.8 Å². The number of ether oxygens (including phenoxy) is 1. The molecule has 0 amide bonds. The minimum absolute atomic E-state index is 0.524. The van der Waals surface area contributed by atoms with Crippen molar-refractivity contribution in [2.75, 3.05) is 19.5 Å². The first kappa shape index (κ1) is 11.9. The smallest absolute Gasteiger partial charge is 0.0556 e. The molecule has 0 fully saturated rings. The fourth-order valence-corrected chi connectivity index (χ4v) is 2.46. The molecule has 0 saturated carbocycles. The molecule has 0 radical (unpaired) electrons. The monoisotopic (exact) mass is 231 g/mol. The van der Waals surface area contributed by atoms with E-state index in [4.69, 9.17) is 22.1 Å². The number of hydrogen-bond donors (Lipinski definition) is 1. The van der Waals surface area contributed by atoms with Crippen molar-refractivity contribution in [3.8, 4) is 0 Å². The molecule has 0 unspecified atom stereocenters. The highest BCUT2D eigenvalue weighted by molar-refractivity contribution is 7.99. The maximum Gasteiger partial charge on any atom is 0.0556 e. The first-order chi connectivity index (χ1) is 6.79. The zero-order valence-electron chi connectivity index (χ0n) is 8.13. The summed E-state index contributed by atoms with van der Waals surface area (Å²) in [4.78, 5) is 1.08. The Morgan fingerprint density at radius 1 is 1.50 bits per heavy atom. The van der Waals surface area contributed by atoms with Crippen LogP contribution in [-0.2, 0) is 11.3 Å². The lowest BCUT2D eigenvalue weighted by atomic mass is 10.2. The molecule has 0 saturated heterocycles. The summed E-state index contributed by atoms with van der Waals surface area (Å²) in [6.07, 6.45) is 0. The Morgan fingerprint density at radius 3 is 2.93 bits per heavy atom. The largest absolute Gasteiger partial charge is 0.384 e. The molecule has 2 nitrogen and oxygen atoms in total. The molecule has 0 heterocycles. The first-order valence-electron chi connectivity index (χ1n) is 4.38. The van der Waals surface area contributed by atoms with Crippen LogP contribution in [0, 0.1) is 0 Å². The average molecular weight is 232 g/mol. The molecule has 1 rings (SSSR count). The van der Waals surface area contributed by atoms with Crippen LogP contribution in [-0.4, -0.2) is 19.5 Å². The molecule has 4 heteroatoms. The second-order valence-electron chi connectivity index (χ2n) is 2.77. The van der Waals surface area contributed by atoms with Crippen molar-refractivity contribution in [2.45, 2.75) is 11.4 Å². The molecule has 0 aromatic heterocycles. The van der Waals surface area contributed by atoms with Crippen molar-refractivity contribution in [1.82, 2.24) is 0 Å². The lowest BCUT2D eigenvalue weighted by Crippen LogP contribution is -2.00. The van der Waals surface area contributed by atoms with E-state index < -0.39 is 0 Å². The van der Waals surface area contributed by atoms with E-state index in [1.54, 1.807) is 18.9 Å². The SMILES string of the molecule is COCCSc1c(Cl)cccc1CN. The van der Waals surface area contributed by atoms with Gasteiger partial charge in [0.25, 0.3) is 0 Å². The van der Waals surface area contributed by atoms with E-state index in [0.29, 0.717) is 6.54 Å². The number of rotatable bonds is 5. The molecular formula is C10H14ClNOS. The average Bonchev–Trinajstić information content (AvgIpc) is 2.20. The molecule has 0 aliphatic heterocycles. The standard InChI is InChI=1S/C10H14ClNOS/c1-13-5-6-14-10-8(7-12)3-2-4-9(10)11/h2-4H,5-7,12H2,1H3. The third-order valence-corrected chi connectivity index (χ3v) is 3.37. The predicted molar refractivity (Wildman–Crippen MR) is 61.9 cm³/mol. The lowest BCUT2D eigenvalue weighted by Gasteiger charge is -2.08. The molecule has 14 heavy (non-hydrogen) atoms. The Balaban J connectivity index is 2.72. The zero-order chi connectivity index (χ0) is 10.4. The molecule has 0 spiro atoms. The minimum atomic E-state index is 0.524. The molecule has 0 aliphatic carbocycles. The molecule has 1 aromatic rings. The summed E-state index contributed by atoms with van der Waals surface area (Å²) in [5.74, 6) is 0.896. The number of hydrogen-bond acceptors (Lipinski definition) is 3. The fraction of sp³-hybridized carbons (Fsp3) is 0.400. The zero-order valence-corrected chi connectivity index (χ0v) is 9.70. The molecule has 78 valence electrons. The molecule has 1 aromatic carbocycles. The Bertz CT molecular complexity index is 293. The van der Waals surface area contributed by atoms with Crippen LogP contribution in [0.25, 0.3) is 0 Å². The van der Waals surface area contributed by atoms with Crippen molar-refractivity contribution < 1.29 is 4.74 Å². The van der Waals surface area contributed by atoms with Gasteiger partial charge in [0, 0.05) is 24.3 Å². The van der Waals surface area contributed by atoms with Crippen molar-refractivity contribution in [2.24, 2.45) is 5.73 Å². The lowest BCUT2D eigenvalue weighted by molar-refractivity contribution is 0.218. The van der Waals surface area contributed by atoms with Gasteiger partial charge < -0.3 is 10.5 Å². The van der Waals surface area contributed by atoms with Crippen molar-refractivity contribution in [3.05, 3.63) is 28.8 Å². The predicted octanol–water partition coefficient (Wildman–Crippen LogP) is 2.54. The van der Waals surface area contributed by atoms with Crippen LogP contribution in [0.2, 0.25) is 5.02 Å². The van der Waals surface area contributed by atoms with Gasteiger partial charge in [-0.15, -0.1) is 11.8 Å². The van der Waals surface area contributed by atoms with E-state index in [-0.39, 0.29) is 0 Å². The summed E-state index contributed by atoms with van der Waals surface area (Å²) in [7, 11) is 1.69. The molecule has 0 aliphatic rings. The van der Waals surface area contributed by atoms with Crippen molar-refractivity contribution in [1.29, 1.82) is 0 Å². The summed E-state index contributed by atoms with van der Waals surface area (Å²) in [5.41, 5.74) is 6.72. The van der Waals surface area contributed by atoms with Gasteiger partial charge in [0.2, 0.25) is 0 Å². The normalized spacial score (nSPS) is 10.5. The third kappa shape index (κ3) is 3.17. The number of halogens is 1. The molecule has 2 N–H and O–H groups in total. The maximum atomic E-state index is 6.07. The van der Waals surface area contributed by atoms with Gasteiger partial charge in [0.1, 0.15) is 0 Å². The van der Waals surface area contributed by atoms with Gasteiger partial charge in [0.15, 0.2) is 0 Å². The van der Waals surface area contributed by atoms with E-state index in [2.05, 4.69) is 0 Å². The van der Waals surface area contributed by atoms with E-state index in [1.807, 2.05) is 18.2 Å². The quantitative estimate of drug-likeness (QED) is 0.625. The van der Waals surface area contributed by atoms with Crippen LogP contribution < -0.4 is 5.73 Å². The summed E-state index contributed by atoms with van der Waals surface area (Å²) in [5, 5.41) is 0.772. The van der Waals surface area contributed by atoms with Crippen LogP contribution in [0.15, 0.2) is 23.1 Å². The van der Waals surface area contributed by atoms with Crippen LogP contribution in [0.5, 0.6) is 0 Å². The molecular weight excluding hydrogens is 218 g/mol. The number of thioether (sulfide) groups is 1. The third-order valence-electron chi connectivity index (χ3n) is 1.80. The minimum Gasteiger partial charge on any atom is -0.384 e. The fourth-order valence-electron chi connectivity index (χ4n) is 1.10. The molecule has 0 bridgehead atoms. The highest BCUT2D eigenvalue weighted by atomic mass is 35.5. The summed E-state index contributed by atoms with van der Waals surface area (Å²) >= 11 is 7.76. The summed E-state index contributed by atoms with van der Waals surface area (Å²) < 4.78 is 4.98. The second-order valence-corrected chi connectivity index (χ2v) is 4.29. The van der Waals surface area contributed by atoms with Crippen molar-refractivity contribution >= 4 is 23.4 Å². The van der Waals surface area contributed by atoms with Gasteiger partial charge in [-0.2, -0.15) is 0 Å². The van der Waals surface area contributed by atoms with Gasteiger partial charge in [0.05, 0.1) is 11.6 Å².